The van der Waals surface area contributed by atoms with Crippen molar-refractivity contribution in [2.75, 3.05) is 26.2 Å². The van der Waals surface area contributed by atoms with Crippen LogP contribution in [0.2, 0.25) is 0 Å². The Hall–Kier alpha value is -0.800. The van der Waals surface area contributed by atoms with Gasteiger partial charge in [0.25, 0.3) is 0 Å². The summed E-state index contributed by atoms with van der Waals surface area (Å²) in [5, 5.41) is 3.62. The average molecular weight is 264 g/mol. The van der Waals surface area contributed by atoms with Gasteiger partial charge in [0.05, 0.1) is 6.26 Å². The monoisotopic (exact) mass is 264 g/mol. The second-order valence-electron chi connectivity index (χ2n) is 6.06. The van der Waals surface area contributed by atoms with Crippen LogP contribution in [-0.2, 0) is 6.42 Å². The fourth-order valence-electron chi connectivity index (χ4n) is 2.85. The third-order valence-electron chi connectivity index (χ3n) is 3.92. The maximum Gasteiger partial charge on any atom is 0.105 e. The number of furan rings is 1. The van der Waals surface area contributed by atoms with Crippen LogP contribution in [0, 0.1) is 5.92 Å². The second-order valence-corrected chi connectivity index (χ2v) is 6.06. The van der Waals surface area contributed by atoms with E-state index in [4.69, 9.17) is 4.42 Å². The van der Waals surface area contributed by atoms with Crippen molar-refractivity contribution in [1.82, 2.24) is 10.2 Å². The summed E-state index contributed by atoms with van der Waals surface area (Å²) in [5.41, 5.74) is 0. The Morgan fingerprint density at radius 1 is 1.26 bits per heavy atom. The molecule has 108 valence electrons. The molecule has 19 heavy (non-hydrogen) atoms. The van der Waals surface area contributed by atoms with Crippen molar-refractivity contribution in [1.29, 1.82) is 0 Å². The normalized spacial score (nSPS) is 20.3. The molecule has 0 amide bonds. The third-order valence-corrected chi connectivity index (χ3v) is 3.92. The molecule has 0 aromatic carbocycles. The highest BCUT2D eigenvalue weighted by atomic mass is 16.3. The van der Waals surface area contributed by atoms with Gasteiger partial charge in [-0.05, 0) is 57.5 Å². The largest absolute Gasteiger partial charge is 0.469 e. The van der Waals surface area contributed by atoms with E-state index in [0.29, 0.717) is 6.04 Å². The molecule has 3 heteroatoms. The van der Waals surface area contributed by atoms with E-state index >= 15 is 0 Å². The summed E-state index contributed by atoms with van der Waals surface area (Å²) in [5.74, 6) is 1.79. The van der Waals surface area contributed by atoms with Crippen molar-refractivity contribution in [3.05, 3.63) is 24.2 Å². The van der Waals surface area contributed by atoms with E-state index in [-0.39, 0.29) is 0 Å². The Balaban J connectivity index is 1.61. The molecular weight excluding hydrogens is 236 g/mol. The molecule has 1 aliphatic rings. The van der Waals surface area contributed by atoms with Gasteiger partial charge >= 0.3 is 0 Å². The van der Waals surface area contributed by atoms with Gasteiger partial charge in [-0.25, -0.2) is 0 Å². The van der Waals surface area contributed by atoms with E-state index in [2.05, 4.69) is 30.1 Å². The van der Waals surface area contributed by atoms with Gasteiger partial charge in [0.2, 0.25) is 0 Å². The first-order valence-corrected chi connectivity index (χ1v) is 7.72. The lowest BCUT2D eigenvalue weighted by Gasteiger charge is -2.29. The van der Waals surface area contributed by atoms with Gasteiger partial charge in [0.15, 0.2) is 0 Å². The molecule has 1 aliphatic heterocycles. The minimum absolute atomic E-state index is 0.481. The predicted octanol–water partition coefficient (Wildman–Crippen LogP) is 2.92. The van der Waals surface area contributed by atoms with Crippen molar-refractivity contribution in [3.8, 4) is 0 Å². The van der Waals surface area contributed by atoms with Gasteiger partial charge < -0.3 is 14.6 Å². The number of likely N-dealkylation sites (tertiary alicyclic amines) is 1. The lowest BCUT2D eigenvalue weighted by molar-refractivity contribution is 0.197. The van der Waals surface area contributed by atoms with E-state index < -0.39 is 0 Å². The highest BCUT2D eigenvalue weighted by molar-refractivity contribution is 4.99. The van der Waals surface area contributed by atoms with Crippen LogP contribution < -0.4 is 5.32 Å². The van der Waals surface area contributed by atoms with Crippen LogP contribution in [0.15, 0.2) is 22.8 Å². The summed E-state index contributed by atoms with van der Waals surface area (Å²) in [7, 11) is 0. The van der Waals surface area contributed by atoms with Gasteiger partial charge in [-0.2, -0.15) is 0 Å². The lowest BCUT2D eigenvalue weighted by Crippen LogP contribution is -2.39. The highest BCUT2D eigenvalue weighted by Crippen LogP contribution is 2.11. The van der Waals surface area contributed by atoms with Crippen molar-refractivity contribution >= 4 is 0 Å². The molecule has 1 fully saturated rings. The summed E-state index contributed by atoms with van der Waals surface area (Å²) in [6, 6.07) is 4.49. The van der Waals surface area contributed by atoms with Gasteiger partial charge in [-0.3, -0.25) is 0 Å². The number of nitrogens with one attached hydrogen (secondary N) is 1. The molecule has 0 bridgehead atoms. The first kappa shape index (κ1) is 14.6. The van der Waals surface area contributed by atoms with Gasteiger partial charge in [-0.1, -0.05) is 13.3 Å². The zero-order valence-corrected chi connectivity index (χ0v) is 12.4. The molecule has 1 saturated heterocycles. The molecule has 1 N–H and O–H groups in total. The van der Waals surface area contributed by atoms with Crippen molar-refractivity contribution in [2.24, 2.45) is 5.92 Å². The minimum Gasteiger partial charge on any atom is -0.469 e. The summed E-state index contributed by atoms with van der Waals surface area (Å²) >= 11 is 0. The van der Waals surface area contributed by atoms with E-state index in [1.165, 1.54) is 38.9 Å². The molecule has 2 heterocycles. The number of nitrogens with zero attached hydrogens (tertiary/aromatic N) is 1. The van der Waals surface area contributed by atoms with Gasteiger partial charge in [0, 0.05) is 19.0 Å². The van der Waals surface area contributed by atoms with Crippen LogP contribution in [0.1, 0.15) is 38.9 Å². The summed E-state index contributed by atoms with van der Waals surface area (Å²) < 4.78 is 5.38. The van der Waals surface area contributed by atoms with Crippen LogP contribution in [0.25, 0.3) is 0 Å². The van der Waals surface area contributed by atoms with Gasteiger partial charge in [-0.15, -0.1) is 0 Å². The molecule has 0 spiro atoms. The fourth-order valence-corrected chi connectivity index (χ4v) is 2.85. The number of piperidine rings is 1. The van der Waals surface area contributed by atoms with Crippen molar-refractivity contribution in [3.63, 3.8) is 0 Å². The first-order chi connectivity index (χ1) is 9.24. The van der Waals surface area contributed by atoms with Gasteiger partial charge in [0.1, 0.15) is 5.76 Å². The molecule has 2 atom stereocenters. The van der Waals surface area contributed by atoms with Crippen molar-refractivity contribution < 1.29 is 4.42 Å². The number of rotatable bonds is 7. The van der Waals surface area contributed by atoms with Crippen molar-refractivity contribution in [2.45, 2.75) is 45.6 Å². The molecule has 1 aromatic rings. The lowest BCUT2D eigenvalue weighted by atomic mass is 10.1. The maximum absolute atomic E-state index is 5.38. The maximum atomic E-state index is 5.38. The summed E-state index contributed by atoms with van der Waals surface area (Å²) in [6.45, 7) is 9.51. The second kappa shape index (κ2) is 7.71. The topological polar surface area (TPSA) is 28.4 Å². The highest BCUT2D eigenvalue weighted by Gasteiger charge is 2.14. The quantitative estimate of drug-likeness (QED) is 0.821. The zero-order valence-electron chi connectivity index (χ0n) is 12.4. The number of hydrogen-bond acceptors (Lipinski definition) is 3. The summed E-state index contributed by atoms with van der Waals surface area (Å²) in [4.78, 5) is 2.62. The minimum atomic E-state index is 0.481. The Labute approximate surface area is 117 Å². The van der Waals surface area contributed by atoms with Crippen LogP contribution in [0.4, 0.5) is 0 Å². The standard InChI is InChI=1S/C16H28N2O/c1-14(13-18-8-4-3-5-9-18)12-17-15(2)11-16-7-6-10-19-16/h6-7,10,14-15,17H,3-5,8-9,11-13H2,1-2H3. The van der Waals surface area contributed by atoms with Crippen LogP contribution in [0.5, 0.6) is 0 Å². The van der Waals surface area contributed by atoms with E-state index in [9.17, 15) is 0 Å². The molecule has 0 saturated carbocycles. The van der Waals surface area contributed by atoms with E-state index in [1.54, 1.807) is 6.26 Å². The molecule has 1 aromatic heterocycles. The molecule has 2 unspecified atom stereocenters. The first-order valence-electron chi connectivity index (χ1n) is 7.72. The Kier molecular flexibility index (Phi) is 5.93. The predicted molar refractivity (Wildman–Crippen MR) is 79.3 cm³/mol. The van der Waals surface area contributed by atoms with Crippen LogP contribution in [-0.4, -0.2) is 37.1 Å². The zero-order chi connectivity index (χ0) is 13.5. The van der Waals surface area contributed by atoms with Crippen LogP contribution in [0.3, 0.4) is 0 Å². The van der Waals surface area contributed by atoms with E-state index in [1.807, 2.05) is 6.07 Å². The Bertz CT molecular complexity index is 331. The molecule has 0 radical (unpaired) electrons. The number of hydrogen-bond donors (Lipinski definition) is 1. The molecule has 2 rings (SSSR count). The third kappa shape index (κ3) is 5.37. The van der Waals surface area contributed by atoms with Crippen LogP contribution >= 0.6 is 0 Å². The Morgan fingerprint density at radius 3 is 2.74 bits per heavy atom. The SMILES string of the molecule is CC(CNC(C)Cc1ccco1)CN1CCCCC1. The molecule has 3 nitrogen and oxygen atoms in total. The molecule has 0 aliphatic carbocycles. The van der Waals surface area contributed by atoms with E-state index in [0.717, 1.165) is 24.6 Å². The molecular formula is C16H28N2O. The Morgan fingerprint density at radius 2 is 2.05 bits per heavy atom. The smallest absolute Gasteiger partial charge is 0.105 e. The summed E-state index contributed by atoms with van der Waals surface area (Å²) in [6.07, 6.45) is 6.91. The average Bonchev–Trinajstić information content (AvgIpc) is 2.90. The fraction of sp³-hybridized carbons (Fsp3) is 0.750.